The summed E-state index contributed by atoms with van der Waals surface area (Å²) >= 11 is 0. The zero-order valence-electron chi connectivity index (χ0n) is 9.97. The van der Waals surface area contributed by atoms with Crippen LogP contribution in [0.1, 0.15) is 12.5 Å². The van der Waals surface area contributed by atoms with Crippen LogP contribution in [-0.4, -0.2) is 15.9 Å². The standard InChI is InChI=1S/C13H15N3O/c1-8-5-10-6-9(3-4-12(10)17-8)11-7-15-16(2)13(11)14/h3-4,6-8H,5,14H2,1-2H3. The zero-order chi connectivity index (χ0) is 12.0. The molecule has 2 N–H and O–H groups in total. The number of rotatable bonds is 1. The molecule has 2 heterocycles. The van der Waals surface area contributed by atoms with Crippen molar-refractivity contribution in [2.75, 3.05) is 5.73 Å². The minimum Gasteiger partial charge on any atom is -0.490 e. The van der Waals surface area contributed by atoms with E-state index in [9.17, 15) is 0 Å². The van der Waals surface area contributed by atoms with Crippen molar-refractivity contribution in [3.8, 4) is 16.9 Å². The number of hydrogen-bond acceptors (Lipinski definition) is 3. The second-order valence-corrected chi connectivity index (χ2v) is 4.52. The van der Waals surface area contributed by atoms with E-state index in [1.165, 1.54) is 5.56 Å². The third-order valence-electron chi connectivity index (χ3n) is 3.19. The predicted octanol–water partition coefficient (Wildman–Crippen LogP) is 1.99. The number of nitrogens with two attached hydrogens (primary N) is 1. The molecule has 0 bridgehead atoms. The molecule has 1 aliphatic rings. The first kappa shape index (κ1) is 10.2. The second kappa shape index (κ2) is 3.52. The van der Waals surface area contributed by atoms with E-state index in [4.69, 9.17) is 10.5 Å². The highest BCUT2D eigenvalue weighted by molar-refractivity contribution is 5.74. The van der Waals surface area contributed by atoms with Crippen molar-refractivity contribution in [1.29, 1.82) is 0 Å². The highest BCUT2D eigenvalue weighted by atomic mass is 16.5. The average Bonchev–Trinajstić information content (AvgIpc) is 2.81. The van der Waals surface area contributed by atoms with Crippen LogP contribution in [0.25, 0.3) is 11.1 Å². The van der Waals surface area contributed by atoms with Crippen molar-refractivity contribution < 1.29 is 4.74 Å². The van der Waals surface area contributed by atoms with Gasteiger partial charge in [-0.15, -0.1) is 0 Å². The lowest BCUT2D eigenvalue weighted by Gasteiger charge is -2.04. The molecule has 0 amide bonds. The van der Waals surface area contributed by atoms with Crippen LogP contribution in [0.2, 0.25) is 0 Å². The van der Waals surface area contributed by atoms with Gasteiger partial charge in [0.2, 0.25) is 0 Å². The summed E-state index contributed by atoms with van der Waals surface area (Å²) in [6.07, 6.45) is 3.03. The molecule has 88 valence electrons. The first-order valence-electron chi connectivity index (χ1n) is 5.72. The Balaban J connectivity index is 2.06. The Labute approximate surface area is 100 Å². The van der Waals surface area contributed by atoms with Crippen molar-refractivity contribution in [3.05, 3.63) is 30.0 Å². The van der Waals surface area contributed by atoms with E-state index in [0.29, 0.717) is 5.82 Å². The molecule has 0 saturated heterocycles. The third kappa shape index (κ3) is 1.56. The van der Waals surface area contributed by atoms with E-state index in [1.54, 1.807) is 10.9 Å². The maximum absolute atomic E-state index is 5.98. The number of nitrogen functional groups attached to an aromatic ring is 1. The van der Waals surface area contributed by atoms with Crippen LogP contribution in [0.3, 0.4) is 0 Å². The Bertz CT molecular complexity index is 574. The number of aryl methyl sites for hydroxylation is 1. The van der Waals surface area contributed by atoms with E-state index in [0.717, 1.165) is 23.3 Å². The predicted molar refractivity (Wildman–Crippen MR) is 66.9 cm³/mol. The van der Waals surface area contributed by atoms with E-state index >= 15 is 0 Å². The maximum atomic E-state index is 5.98. The third-order valence-corrected chi connectivity index (χ3v) is 3.19. The average molecular weight is 229 g/mol. The SMILES string of the molecule is CC1Cc2cc(-c3cnn(C)c3N)ccc2O1. The van der Waals surface area contributed by atoms with Gasteiger partial charge >= 0.3 is 0 Å². The van der Waals surface area contributed by atoms with E-state index in [1.807, 2.05) is 19.2 Å². The smallest absolute Gasteiger partial charge is 0.129 e. The Morgan fingerprint density at radius 2 is 2.29 bits per heavy atom. The lowest BCUT2D eigenvalue weighted by Crippen LogP contribution is -2.05. The zero-order valence-corrected chi connectivity index (χ0v) is 9.97. The number of ether oxygens (including phenoxy) is 1. The Kier molecular flexibility index (Phi) is 2.11. The molecular weight excluding hydrogens is 214 g/mol. The summed E-state index contributed by atoms with van der Waals surface area (Å²) in [6, 6.07) is 6.19. The minimum atomic E-state index is 0.270. The monoisotopic (exact) mass is 229 g/mol. The molecule has 0 saturated carbocycles. The second-order valence-electron chi connectivity index (χ2n) is 4.52. The largest absolute Gasteiger partial charge is 0.490 e. The van der Waals surface area contributed by atoms with Crippen molar-refractivity contribution in [1.82, 2.24) is 9.78 Å². The van der Waals surface area contributed by atoms with Crippen LogP contribution < -0.4 is 10.5 Å². The highest BCUT2D eigenvalue weighted by Gasteiger charge is 2.20. The summed E-state index contributed by atoms with van der Waals surface area (Å²) in [5.74, 6) is 1.68. The number of hydrogen-bond donors (Lipinski definition) is 1. The topological polar surface area (TPSA) is 53.1 Å². The van der Waals surface area contributed by atoms with Gasteiger partial charge in [-0.05, 0) is 30.2 Å². The first-order valence-corrected chi connectivity index (χ1v) is 5.72. The number of aromatic nitrogens is 2. The summed E-state index contributed by atoms with van der Waals surface area (Å²) in [6.45, 7) is 2.08. The number of benzene rings is 1. The lowest BCUT2D eigenvalue weighted by atomic mass is 10.0. The Hall–Kier alpha value is -1.97. The van der Waals surface area contributed by atoms with Crippen molar-refractivity contribution in [3.63, 3.8) is 0 Å². The van der Waals surface area contributed by atoms with Crippen molar-refractivity contribution in [2.24, 2.45) is 7.05 Å². The Morgan fingerprint density at radius 1 is 1.47 bits per heavy atom. The number of fused-ring (bicyclic) bond motifs is 1. The van der Waals surface area contributed by atoms with Crippen LogP contribution in [0.15, 0.2) is 24.4 Å². The summed E-state index contributed by atoms with van der Waals surface area (Å²) < 4.78 is 7.36. The molecule has 4 nitrogen and oxygen atoms in total. The van der Waals surface area contributed by atoms with Gasteiger partial charge in [0.25, 0.3) is 0 Å². The van der Waals surface area contributed by atoms with Gasteiger partial charge in [-0.25, -0.2) is 0 Å². The summed E-state index contributed by atoms with van der Waals surface area (Å²) in [5.41, 5.74) is 9.31. The van der Waals surface area contributed by atoms with Crippen LogP contribution in [0, 0.1) is 0 Å². The van der Waals surface area contributed by atoms with E-state index in [2.05, 4.69) is 18.1 Å². The molecular formula is C13H15N3O. The van der Waals surface area contributed by atoms with Gasteiger partial charge < -0.3 is 10.5 Å². The van der Waals surface area contributed by atoms with Gasteiger partial charge in [0.1, 0.15) is 17.7 Å². The number of anilines is 1. The molecule has 1 aromatic carbocycles. The molecule has 2 aromatic rings. The van der Waals surface area contributed by atoms with Gasteiger partial charge in [0.15, 0.2) is 0 Å². The summed E-state index contributed by atoms with van der Waals surface area (Å²) in [7, 11) is 1.84. The maximum Gasteiger partial charge on any atom is 0.129 e. The quantitative estimate of drug-likeness (QED) is 0.813. The highest BCUT2D eigenvalue weighted by Crippen LogP contribution is 2.34. The fraction of sp³-hybridized carbons (Fsp3) is 0.308. The number of nitrogens with zero attached hydrogens (tertiary/aromatic N) is 2. The summed E-state index contributed by atoms with van der Waals surface area (Å²) in [4.78, 5) is 0. The van der Waals surface area contributed by atoms with Crippen molar-refractivity contribution in [2.45, 2.75) is 19.4 Å². The lowest BCUT2D eigenvalue weighted by molar-refractivity contribution is 0.254. The van der Waals surface area contributed by atoms with Crippen molar-refractivity contribution >= 4 is 5.82 Å². The molecule has 1 unspecified atom stereocenters. The molecule has 0 spiro atoms. The van der Waals surface area contributed by atoms with Gasteiger partial charge in [-0.3, -0.25) is 4.68 Å². The minimum absolute atomic E-state index is 0.270. The van der Waals surface area contributed by atoms with Gasteiger partial charge in [0, 0.05) is 19.0 Å². The molecule has 0 aliphatic carbocycles. The summed E-state index contributed by atoms with van der Waals surface area (Å²) in [5, 5.41) is 4.16. The van der Waals surface area contributed by atoms with Crippen LogP contribution >= 0.6 is 0 Å². The fourth-order valence-electron chi connectivity index (χ4n) is 2.26. The van der Waals surface area contributed by atoms with Gasteiger partial charge in [-0.2, -0.15) is 5.10 Å². The molecule has 3 rings (SSSR count). The van der Waals surface area contributed by atoms with Gasteiger partial charge in [0.05, 0.1) is 6.20 Å². The Morgan fingerprint density at radius 3 is 3.00 bits per heavy atom. The van der Waals surface area contributed by atoms with Gasteiger partial charge in [-0.1, -0.05) is 6.07 Å². The van der Waals surface area contributed by atoms with Crippen LogP contribution in [0.4, 0.5) is 5.82 Å². The molecule has 1 aromatic heterocycles. The molecule has 1 atom stereocenters. The van der Waals surface area contributed by atoms with Crippen LogP contribution in [0.5, 0.6) is 5.75 Å². The van der Waals surface area contributed by atoms with E-state index in [-0.39, 0.29) is 6.10 Å². The normalized spacial score (nSPS) is 17.9. The molecule has 4 heteroatoms. The fourth-order valence-corrected chi connectivity index (χ4v) is 2.26. The molecule has 0 radical (unpaired) electrons. The first-order chi connectivity index (χ1) is 8.15. The van der Waals surface area contributed by atoms with E-state index < -0.39 is 0 Å². The molecule has 17 heavy (non-hydrogen) atoms. The molecule has 1 aliphatic heterocycles. The molecule has 0 fully saturated rings. The van der Waals surface area contributed by atoms with Crippen LogP contribution in [-0.2, 0) is 13.5 Å².